The number of hydrogen-bond donors (Lipinski definition) is 2. The average Bonchev–Trinajstić information content (AvgIpc) is 2.67. The van der Waals surface area contributed by atoms with Gasteiger partial charge in [-0.1, -0.05) is 13.8 Å². The van der Waals surface area contributed by atoms with Crippen LogP contribution in [0.25, 0.3) is 0 Å². The van der Waals surface area contributed by atoms with Crippen molar-refractivity contribution in [2.45, 2.75) is 44.0 Å². The van der Waals surface area contributed by atoms with E-state index in [0.717, 1.165) is 19.3 Å². The summed E-state index contributed by atoms with van der Waals surface area (Å²) in [5, 5.41) is 8.77. The summed E-state index contributed by atoms with van der Waals surface area (Å²) >= 11 is 0. The molecule has 1 saturated carbocycles. The van der Waals surface area contributed by atoms with Gasteiger partial charge in [0.2, 0.25) is 10.0 Å². The second-order valence-electron chi connectivity index (χ2n) is 6.09. The van der Waals surface area contributed by atoms with Gasteiger partial charge >= 0.3 is 0 Å². The summed E-state index contributed by atoms with van der Waals surface area (Å²) in [6.45, 7) is 4.27. The minimum absolute atomic E-state index is 0.0428. The van der Waals surface area contributed by atoms with E-state index in [0.29, 0.717) is 5.56 Å². The van der Waals surface area contributed by atoms with Crippen molar-refractivity contribution in [3.8, 4) is 6.07 Å². The summed E-state index contributed by atoms with van der Waals surface area (Å²) in [5.74, 6) is 0. The van der Waals surface area contributed by atoms with Gasteiger partial charge in [0.1, 0.15) is 4.90 Å². The van der Waals surface area contributed by atoms with Crippen LogP contribution in [0.5, 0.6) is 0 Å². The van der Waals surface area contributed by atoms with Crippen molar-refractivity contribution in [2.24, 2.45) is 5.41 Å². The van der Waals surface area contributed by atoms with Crippen LogP contribution in [-0.2, 0) is 10.0 Å². The van der Waals surface area contributed by atoms with E-state index in [-0.39, 0.29) is 22.0 Å². The number of anilines is 1. The van der Waals surface area contributed by atoms with Crippen LogP contribution in [0.1, 0.15) is 38.7 Å². The molecule has 1 aromatic carbocycles. The molecule has 1 unspecified atom stereocenters. The van der Waals surface area contributed by atoms with E-state index in [2.05, 4.69) is 18.6 Å². The van der Waals surface area contributed by atoms with Crippen LogP contribution in [0.2, 0.25) is 0 Å². The molecule has 2 rings (SSSR count). The monoisotopic (exact) mass is 293 g/mol. The van der Waals surface area contributed by atoms with Crippen molar-refractivity contribution in [2.75, 3.05) is 5.73 Å². The Kier molecular flexibility index (Phi) is 3.76. The molecule has 1 atom stereocenters. The number of benzene rings is 1. The van der Waals surface area contributed by atoms with Gasteiger partial charge in [-0.3, -0.25) is 0 Å². The first kappa shape index (κ1) is 14.8. The van der Waals surface area contributed by atoms with Crippen molar-refractivity contribution in [1.29, 1.82) is 5.26 Å². The molecule has 108 valence electrons. The third kappa shape index (κ3) is 3.11. The van der Waals surface area contributed by atoms with E-state index < -0.39 is 10.0 Å². The molecule has 0 bridgehead atoms. The first-order valence-corrected chi connectivity index (χ1v) is 8.04. The van der Waals surface area contributed by atoms with Gasteiger partial charge in [0, 0.05) is 6.04 Å². The minimum Gasteiger partial charge on any atom is -0.398 e. The Morgan fingerprint density at radius 2 is 2.15 bits per heavy atom. The molecule has 6 heteroatoms. The van der Waals surface area contributed by atoms with Crippen LogP contribution < -0.4 is 10.5 Å². The highest BCUT2D eigenvalue weighted by atomic mass is 32.2. The van der Waals surface area contributed by atoms with Crippen molar-refractivity contribution in [3.05, 3.63) is 23.8 Å². The maximum absolute atomic E-state index is 12.3. The number of nitrogens with two attached hydrogens (primary N) is 1. The molecule has 1 aliphatic rings. The van der Waals surface area contributed by atoms with E-state index in [1.807, 2.05) is 6.07 Å². The van der Waals surface area contributed by atoms with Crippen molar-refractivity contribution in [1.82, 2.24) is 4.72 Å². The van der Waals surface area contributed by atoms with Crippen LogP contribution in [0, 0.1) is 16.7 Å². The van der Waals surface area contributed by atoms with Crippen LogP contribution >= 0.6 is 0 Å². The standard InChI is InChI=1S/C14H19N3O2S/c1-14(2)6-5-11(8-14)17-20(18,19)13-4-3-10(9-15)7-12(13)16/h3-4,7,11,17H,5-6,8,16H2,1-2H3. The maximum atomic E-state index is 12.3. The largest absolute Gasteiger partial charge is 0.398 e. The van der Waals surface area contributed by atoms with E-state index in [1.165, 1.54) is 18.2 Å². The number of rotatable bonds is 3. The van der Waals surface area contributed by atoms with Gasteiger partial charge in [-0.2, -0.15) is 5.26 Å². The smallest absolute Gasteiger partial charge is 0.242 e. The van der Waals surface area contributed by atoms with Gasteiger partial charge < -0.3 is 5.73 Å². The van der Waals surface area contributed by atoms with Crippen molar-refractivity contribution in [3.63, 3.8) is 0 Å². The Morgan fingerprint density at radius 1 is 1.45 bits per heavy atom. The number of nitrogens with one attached hydrogen (secondary N) is 1. The first-order valence-electron chi connectivity index (χ1n) is 6.55. The van der Waals surface area contributed by atoms with Gasteiger partial charge in [0.15, 0.2) is 0 Å². The average molecular weight is 293 g/mol. The predicted molar refractivity (Wildman–Crippen MR) is 77.3 cm³/mol. The summed E-state index contributed by atoms with van der Waals surface area (Å²) in [4.78, 5) is 0.0428. The summed E-state index contributed by atoms with van der Waals surface area (Å²) in [6, 6.07) is 6.11. The first-order chi connectivity index (χ1) is 9.23. The zero-order chi connectivity index (χ0) is 15.0. The lowest BCUT2D eigenvalue weighted by molar-refractivity contribution is 0.372. The number of hydrogen-bond acceptors (Lipinski definition) is 4. The lowest BCUT2D eigenvalue weighted by Gasteiger charge is -2.18. The molecule has 20 heavy (non-hydrogen) atoms. The number of sulfonamides is 1. The highest BCUT2D eigenvalue weighted by Gasteiger charge is 2.33. The molecule has 0 heterocycles. The maximum Gasteiger partial charge on any atom is 0.242 e. The molecule has 0 amide bonds. The van der Waals surface area contributed by atoms with Gasteiger partial charge in [-0.25, -0.2) is 13.1 Å². The molecule has 0 aromatic heterocycles. The molecule has 1 aromatic rings. The molecule has 5 nitrogen and oxygen atoms in total. The minimum atomic E-state index is -3.63. The molecule has 0 saturated heterocycles. The van der Waals surface area contributed by atoms with E-state index >= 15 is 0 Å². The topological polar surface area (TPSA) is 96.0 Å². The third-order valence-corrected chi connectivity index (χ3v) is 5.31. The fourth-order valence-electron chi connectivity index (χ4n) is 2.68. The van der Waals surface area contributed by atoms with Crippen LogP contribution in [0.4, 0.5) is 5.69 Å². The van der Waals surface area contributed by atoms with Crippen LogP contribution in [-0.4, -0.2) is 14.5 Å². The lowest BCUT2D eigenvalue weighted by atomic mass is 9.92. The zero-order valence-electron chi connectivity index (χ0n) is 11.7. The molecule has 1 aliphatic carbocycles. The van der Waals surface area contributed by atoms with Gasteiger partial charge in [-0.05, 0) is 42.9 Å². The van der Waals surface area contributed by atoms with Crippen molar-refractivity contribution >= 4 is 15.7 Å². The molecule has 3 N–H and O–H groups in total. The molecule has 0 aliphatic heterocycles. The Labute approximate surface area is 119 Å². The fourth-order valence-corrected chi connectivity index (χ4v) is 4.07. The molecular formula is C14H19N3O2S. The van der Waals surface area contributed by atoms with Crippen LogP contribution in [0.3, 0.4) is 0 Å². The summed E-state index contributed by atoms with van der Waals surface area (Å²) in [7, 11) is -3.63. The molecular weight excluding hydrogens is 274 g/mol. The Morgan fingerprint density at radius 3 is 2.65 bits per heavy atom. The van der Waals surface area contributed by atoms with E-state index in [4.69, 9.17) is 11.0 Å². The predicted octanol–water partition coefficient (Wildman–Crippen LogP) is 2.00. The Balaban J connectivity index is 2.22. The highest BCUT2D eigenvalue weighted by Crippen LogP contribution is 2.37. The van der Waals surface area contributed by atoms with Gasteiger partial charge in [0.05, 0.1) is 17.3 Å². The van der Waals surface area contributed by atoms with Crippen LogP contribution in [0.15, 0.2) is 23.1 Å². The molecule has 0 radical (unpaired) electrons. The lowest BCUT2D eigenvalue weighted by Crippen LogP contribution is -2.34. The van der Waals surface area contributed by atoms with E-state index in [9.17, 15) is 8.42 Å². The van der Waals surface area contributed by atoms with Gasteiger partial charge in [0.25, 0.3) is 0 Å². The third-order valence-electron chi connectivity index (χ3n) is 3.72. The number of nitrogens with zero attached hydrogens (tertiary/aromatic N) is 1. The SMILES string of the molecule is CC1(C)CCC(NS(=O)(=O)c2ccc(C#N)cc2N)C1. The molecule has 1 fully saturated rings. The number of nitrogen functional groups attached to an aromatic ring is 1. The van der Waals surface area contributed by atoms with Crippen molar-refractivity contribution < 1.29 is 8.42 Å². The summed E-state index contributed by atoms with van der Waals surface area (Å²) in [5.41, 5.74) is 6.37. The number of nitriles is 1. The second-order valence-corrected chi connectivity index (χ2v) is 7.77. The quantitative estimate of drug-likeness (QED) is 0.833. The Bertz CT molecular complexity index is 659. The summed E-state index contributed by atoms with van der Waals surface area (Å²) < 4.78 is 27.4. The zero-order valence-corrected chi connectivity index (χ0v) is 12.5. The normalized spacial score (nSPS) is 21.6. The van der Waals surface area contributed by atoms with E-state index in [1.54, 1.807) is 0 Å². The molecule has 0 spiro atoms. The highest BCUT2D eigenvalue weighted by molar-refractivity contribution is 7.89. The summed E-state index contributed by atoms with van der Waals surface area (Å²) in [6.07, 6.45) is 2.66. The van der Waals surface area contributed by atoms with Gasteiger partial charge in [-0.15, -0.1) is 0 Å². The second kappa shape index (κ2) is 5.08. The Hall–Kier alpha value is -1.58. The fraction of sp³-hybridized carbons (Fsp3) is 0.500.